The number of hydrogen-bond donors (Lipinski definition) is 0. The zero-order chi connectivity index (χ0) is 24.2. The summed E-state index contributed by atoms with van der Waals surface area (Å²) in [6, 6.07) is 11.5. The van der Waals surface area contributed by atoms with Gasteiger partial charge in [0, 0.05) is 29.3 Å². The first-order valence-electron chi connectivity index (χ1n) is 11.5. The van der Waals surface area contributed by atoms with Crippen LogP contribution in [0, 0.1) is 11.7 Å². The fraction of sp³-hybridized carbons (Fsp3) is 0.370. The molecule has 1 aliphatic carbocycles. The molecule has 2 aromatic carbocycles. The fourth-order valence-corrected chi connectivity index (χ4v) is 4.64. The quantitative estimate of drug-likeness (QED) is 0.528. The third-order valence-electron chi connectivity index (χ3n) is 6.23. The second-order valence-electron chi connectivity index (χ2n) is 8.42. The minimum absolute atomic E-state index is 0.0207. The number of rotatable bonds is 7. The van der Waals surface area contributed by atoms with Crippen molar-refractivity contribution < 1.29 is 28.2 Å². The van der Waals surface area contributed by atoms with E-state index in [1.54, 1.807) is 25.1 Å². The number of carbonyl (C=O) groups excluding carboxylic acids is 2. The molecule has 0 fully saturated rings. The number of allylic oxidation sites excluding steroid dienone is 2. The second-order valence-corrected chi connectivity index (χ2v) is 8.42. The van der Waals surface area contributed by atoms with E-state index in [0.717, 1.165) is 23.2 Å². The van der Waals surface area contributed by atoms with E-state index in [1.807, 2.05) is 19.1 Å². The molecule has 4 rings (SSSR count). The van der Waals surface area contributed by atoms with Crippen molar-refractivity contribution in [2.24, 2.45) is 10.9 Å². The molecule has 1 unspecified atom stereocenters. The molecule has 178 valence electrons. The summed E-state index contributed by atoms with van der Waals surface area (Å²) in [5, 5.41) is 0. The van der Waals surface area contributed by atoms with Crippen molar-refractivity contribution >= 4 is 17.5 Å². The molecule has 0 saturated heterocycles. The van der Waals surface area contributed by atoms with Crippen molar-refractivity contribution in [2.45, 2.75) is 45.6 Å². The smallest absolute Gasteiger partial charge is 0.315 e. The normalized spacial score (nSPS) is 19.9. The number of halogens is 1. The van der Waals surface area contributed by atoms with E-state index in [9.17, 15) is 14.0 Å². The van der Waals surface area contributed by atoms with Gasteiger partial charge in [0.15, 0.2) is 17.3 Å². The number of Topliss-reactive ketones (excluding diaryl/α,β-unsaturated/α-hetero) is 1. The Kier molecular flexibility index (Phi) is 7.10. The number of aliphatic imine (C=N–C) groups is 1. The number of ether oxygens (including phenoxy) is 3. The van der Waals surface area contributed by atoms with Gasteiger partial charge < -0.3 is 14.2 Å². The molecule has 34 heavy (non-hydrogen) atoms. The lowest BCUT2D eigenvalue weighted by Gasteiger charge is -2.34. The highest BCUT2D eigenvalue weighted by molar-refractivity contribution is 6.08. The summed E-state index contributed by atoms with van der Waals surface area (Å²) in [6.07, 6.45) is 1.90. The van der Waals surface area contributed by atoms with Crippen LogP contribution in [0.25, 0.3) is 0 Å². The van der Waals surface area contributed by atoms with E-state index >= 15 is 0 Å². The van der Waals surface area contributed by atoms with Crippen molar-refractivity contribution in [3.05, 3.63) is 70.7 Å². The predicted octanol–water partition coefficient (Wildman–Crippen LogP) is 5.16. The topological polar surface area (TPSA) is 74.2 Å². The van der Waals surface area contributed by atoms with Crippen LogP contribution in [0.4, 0.5) is 4.39 Å². The number of ketones is 1. The van der Waals surface area contributed by atoms with Gasteiger partial charge in [-0.05, 0) is 62.1 Å². The van der Waals surface area contributed by atoms with Gasteiger partial charge in [0.1, 0.15) is 18.3 Å². The highest BCUT2D eigenvalue weighted by Gasteiger charge is 2.43. The second kappa shape index (κ2) is 10.2. The Bertz CT molecular complexity index is 1150. The van der Waals surface area contributed by atoms with Gasteiger partial charge >= 0.3 is 5.97 Å². The van der Waals surface area contributed by atoms with Crippen LogP contribution in [0.2, 0.25) is 0 Å². The van der Waals surface area contributed by atoms with E-state index < -0.39 is 17.8 Å². The van der Waals surface area contributed by atoms with Crippen LogP contribution in [0.15, 0.2) is 58.7 Å². The third kappa shape index (κ3) is 4.74. The Labute approximate surface area is 198 Å². The van der Waals surface area contributed by atoms with Crippen molar-refractivity contribution in [2.75, 3.05) is 13.7 Å². The zero-order valence-corrected chi connectivity index (χ0v) is 19.6. The van der Waals surface area contributed by atoms with Gasteiger partial charge in [0.25, 0.3) is 0 Å². The minimum Gasteiger partial charge on any atom is -0.493 e. The summed E-state index contributed by atoms with van der Waals surface area (Å²) in [6.45, 7) is 4.06. The van der Waals surface area contributed by atoms with Crippen molar-refractivity contribution in [3.8, 4) is 11.5 Å². The van der Waals surface area contributed by atoms with E-state index in [-0.39, 0.29) is 24.8 Å². The molecule has 0 saturated carbocycles. The molecule has 2 atom stereocenters. The molecule has 1 heterocycles. The molecular weight excluding hydrogens is 437 g/mol. The number of esters is 1. The molecule has 0 radical (unpaired) electrons. The van der Waals surface area contributed by atoms with Crippen LogP contribution in [-0.4, -0.2) is 31.2 Å². The van der Waals surface area contributed by atoms with Gasteiger partial charge in [-0.15, -0.1) is 0 Å². The summed E-state index contributed by atoms with van der Waals surface area (Å²) in [5.74, 6) is -0.877. The Morgan fingerprint density at radius 2 is 1.88 bits per heavy atom. The summed E-state index contributed by atoms with van der Waals surface area (Å²) in [7, 11) is 1.54. The molecule has 0 bridgehead atoms. The first-order chi connectivity index (χ1) is 16.4. The SMILES string of the molecule is CCOC(=O)C1C(C)=NC2=C(C(=O)CCC2)[C@@H]1c1ccc(OCc2ccc(F)cc2)c(OC)c1. The number of nitrogens with zero attached hydrogens (tertiary/aromatic N) is 1. The first-order valence-corrected chi connectivity index (χ1v) is 11.5. The molecule has 2 aromatic rings. The number of hydrogen-bond acceptors (Lipinski definition) is 6. The van der Waals surface area contributed by atoms with Crippen molar-refractivity contribution in [1.82, 2.24) is 0 Å². The summed E-state index contributed by atoms with van der Waals surface area (Å²) in [4.78, 5) is 30.6. The Hall–Kier alpha value is -3.48. The van der Waals surface area contributed by atoms with Crippen molar-refractivity contribution in [3.63, 3.8) is 0 Å². The maximum Gasteiger partial charge on any atom is 0.315 e. The van der Waals surface area contributed by atoms with Crippen LogP contribution in [0.5, 0.6) is 11.5 Å². The molecule has 0 spiro atoms. The number of methoxy groups -OCH3 is 1. The molecular formula is C27H28FNO5. The zero-order valence-electron chi connectivity index (χ0n) is 19.6. The van der Waals surface area contributed by atoms with Gasteiger partial charge in [0.05, 0.1) is 13.7 Å². The Morgan fingerprint density at radius 1 is 1.12 bits per heavy atom. The highest BCUT2D eigenvalue weighted by atomic mass is 19.1. The molecule has 0 N–H and O–H groups in total. The molecule has 1 aliphatic heterocycles. The molecule has 0 aromatic heterocycles. The van der Waals surface area contributed by atoms with E-state index in [2.05, 4.69) is 4.99 Å². The maximum atomic E-state index is 13.2. The van der Waals surface area contributed by atoms with Crippen molar-refractivity contribution in [1.29, 1.82) is 0 Å². The lowest BCUT2D eigenvalue weighted by molar-refractivity contribution is -0.146. The molecule has 0 amide bonds. The molecule has 6 nitrogen and oxygen atoms in total. The molecule has 2 aliphatic rings. The average molecular weight is 466 g/mol. The lowest BCUT2D eigenvalue weighted by Crippen LogP contribution is -2.37. The standard InChI is InChI=1S/C27H28FNO5/c1-4-33-27(31)24-16(2)29-20-6-5-7-21(30)26(20)25(24)18-10-13-22(23(14-18)32-3)34-15-17-8-11-19(28)12-9-17/h8-14,24-25H,4-7,15H2,1-3H3/t24?,25-/m1/s1. The predicted molar refractivity (Wildman–Crippen MR) is 126 cm³/mol. The molecule has 7 heteroatoms. The fourth-order valence-electron chi connectivity index (χ4n) is 4.64. The van der Waals surface area contributed by atoms with Gasteiger partial charge in [-0.25, -0.2) is 4.39 Å². The minimum atomic E-state index is -0.684. The maximum absolute atomic E-state index is 13.2. The largest absolute Gasteiger partial charge is 0.493 e. The van der Waals surface area contributed by atoms with E-state index in [0.29, 0.717) is 35.6 Å². The summed E-state index contributed by atoms with van der Waals surface area (Å²) in [5.41, 5.74) is 3.58. The summed E-state index contributed by atoms with van der Waals surface area (Å²) < 4.78 is 30.0. The van der Waals surface area contributed by atoms with Gasteiger partial charge in [0.2, 0.25) is 0 Å². The monoisotopic (exact) mass is 465 g/mol. The number of carbonyl (C=O) groups is 2. The van der Waals surface area contributed by atoms with Gasteiger partial charge in [-0.1, -0.05) is 18.2 Å². The Morgan fingerprint density at radius 3 is 2.59 bits per heavy atom. The first kappa shape index (κ1) is 23.7. The van der Waals surface area contributed by atoms with E-state index in [1.165, 1.54) is 19.2 Å². The van der Waals surface area contributed by atoms with E-state index in [4.69, 9.17) is 14.2 Å². The van der Waals surface area contributed by atoms with Crippen LogP contribution < -0.4 is 9.47 Å². The van der Waals surface area contributed by atoms with Gasteiger partial charge in [-0.2, -0.15) is 0 Å². The summed E-state index contributed by atoms with van der Waals surface area (Å²) >= 11 is 0. The number of benzene rings is 2. The lowest BCUT2D eigenvalue weighted by atomic mass is 9.71. The van der Waals surface area contributed by atoms with Crippen LogP contribution >= 0.6 is 0 Å². The van der Waals surface area contributed by atoms with Crippen LogP contribution in [0.3, 0.4) is 0 Å². The third-order valence-corrected chi connectivity index (χ3v) is 6.23. The van der Waals surface area contributed by atoms with Gasteiger partial charge in [-0.3, -0.25) is 14.6 Å². The highest BCUT2D eigenvalue weighted by Crippen LogP contribution is 2.45. The average Bonchev–Trinajstić information content (AvgIpc) is 2.83. The van der Waals surface area contributed by atoms with Crippen LogP contribution in [0.1, 0.15) is 50.2 Å². The Balaban J connectivity index is 1.70. The van der Waals surface area contributed by atoms with Crippen LogP contribution in [-0.2, 0) is 20.9 Å².